The Morgan fingerprint density at radius 3 is 2.14 bits per heavy atom. The molecule has 51 heavy (non-hydrogen) atoms. The van der Waals surface area contributed by atoms with E-state index in [9.17, 15) is 33.2 Å². The fourth-order valence-electron chi connectivity index (χ4n) is 5.80. The number of carbonyl (C=O) groups excluding carboxylic acids is 1. The number of nitrogens with one attached hydrogen (secondary N) is 1. The van der Waals surface area contributed by atoms with Gasteiger partial charge in [0.2, 0.25) is 0 Å². The number of benzene rings is 6. The summed E-state index contributed by atoms with van der Waals surface area (Å²) in [5, 5.41) is 25.7. The van der Waals surface area contributed by atoms with Crippen LogP contribution in [0, 0.1) is 10.1 Å². The summed E-state index contributed by atoms with van der Waals surface area (Å²) in [5.74, 6) is -2.15. The fourth-order valence-corrected chi connectivity index (χ4v) is 7.43. The van der Waals surface area contributed by atoms with Crippen molar-refractivity contribution in [3.8, 4) is 11.1 Å². The molecule has 256 valence electrons. The average molecular weight is 720 g/mol. The number of nitro groups is 1. The molecule has 0 saturated heterocycles. The van der Waals surface area contributed by atoms with Gasteiger partial charge in [0.05, 0.1) is 27.6 Å². The number of carbonyl (C=O) groups is 2. The van der Waals surface area contributed by atoms with Gasteiger partial charge in [0.15, 0.2) is 0 Å². The van der Waals surface area contributed by atoms with Crippen LogP contribution in [0.4, 0.5) is 11.4 Å². The zero-order valence-corrected chi connectivity index (χ0v) is 28.4. The number of sulfonamides is 1. The van der Waals surface area contributed by atoms with Gasteiger partial charge in [-0.1, -0.05) is 109 Å². The number of fused-ring (bicyclic) bond motifs is 1. The van der Waals surface area contributed by atoms with Gasteiger partial charge in [-0.15, -0.1) is 0 Å². The Morgan fingerprint density at radius 1 is 0.804 bits per heavy atom. The van der Waals surface area contributed by atoms with Gasteiger partial charge >= 0.3 is 5.97 Å². The molecule has 0 aliphatic heterocycles. The van der Waals surface area contributed by atoms with Crippen LogP contribution in [-0.4, -0.2) is 36.4 Å². The topological polar surface area (TPSA) is 147 Å². The normalized spacial score (nSPS) is 11.9. The van der Waals surface area contributed by atoms with Crippen LogP contribution in [0.5, 0.6) is 0 Å². The summed E-state index contributed by atoms with van der Waals surface area (Å²) in [6, 6.07) is 37.0. The first-order valence-corrected chi connectivity index (χ1v) is 17.5. The van der Waals surface area contributed by atoms with E-state index in [2.05, 4.69) is 5.32 Å². The van der Waals surface area contributed by atoms with Crippen LogP contribution in [0.15, 0.2) is 144 Å². The van der Waals surface area contributed by atoms with Crippen LogP contribution in [-0.2, 0) is 27.8 Å². The molecule has 1 amide bonds. The van der Waals surface area contributed by atoms with Crippen LogP contribution < -0.4 is 9.62 Å². The number of nitro benzene ring substituents is 1. The summed E-state index contributed by atoms with van der Waals surface area (Å²) in [6.07, 6.45) is -0.0488. The van der Waals surface area contributed by atoms with Gasteiger partial charge in [0.1, 0.15) is 6.04 Å². The molecule has 6 rings (SSSR count). The van der Waals surface area contributed by atoms with E-state index < -0.39 is 32.9 Å². The highest BCUT2D eigenvalue weighted by Gasteiger charge is 2.31. The van der Waals surface area contributed by atoms with Crippen LogP contribution in [0.2, 0.25) is 5.02 Å². The SMILES string of the molecule is O=C(N[C@@H](Cc1ccc(-c2ccccc2)cc1)C(=O)O)c1cc(Cl)ccc1N(Cc1cccc2ccccc12)S(=O)(=O)c1ccc([N+](=O)[O-])cc1. The molecule has 6 aromatic carbocycles. The number of hydrogen-bond acceptors (Lipinski definition) is 6. The molecule has 2 N–H and O–H groups in total. The fraction of sp³-hybridized carbons (Fsp3) is 0.0769. The second-order valence-electron chi connectivity index (χ2n) is 11.7. The minimum absolute atomic E-state index is 0.0488. The number of rotatable bonds is 12. The molecule has 1 atom stereocenters. The number of amides is 1. The Hall–Kier alpha value is -6.04. The first-order chi connectivity index (χ1) is 24.5. The number of non-ortho nitro benzene ring substituents is 1. The van der Waals surface area contributed by atoms with Gasteiger partial charge < -0.3 is 10.4 Å². The van der Waals surface area contributed by atoms with Crippen LogP contribution >= 0.6 is 11.6 Å². The summed E-state index contributed by atoms with van der Waals surface area (Å²) in [4.78, 5) is 36.8. The van der Waals surface area contributed by atoms with Gasteiger partial charge in [-0.2, -0.15) is 0 Å². The lowest BCUT2D eigenvalue weighted by molar-refractivity contribution is -0.384. The van der Waals surface area contributed by atoms with Crippen molar-refractivity contribution in [1.29, 1.82) is 0 Å². The minimum Gasteiger partial charge on any atom is -0.480 e. The Morgan fingerprint density at radius 2 is 1.45 bits per heavy atom. The predicted molar refractivity (Wildman–Crippen MR) is 196 cm³/mol. The molecule has 0 bridgehead atoms. The van der Waals surface area contributed by atoms with Gasteiger partial charge in [-0.3, -0.25) is 19.2 Å². The van der Waals surface area contributed by atoms with Crippen molar-refractivity contribution in [3.05, 3.63) is 171 Å². The monoisotopic (exact) mass is 719 g/mol. The van der Waals surface area contributed by atoms with E-state index in [1.807, 2.05) is 72.8 Å². The van der Waals surface area contributed by atoms with Gasteiger partial charge in [-0.05, 0) is 63.4 Å². The summed E-state index contributed by atoms with van der Waals surface area (Å²) in [7, 11) is -4.48. The second kappa shape index (κ2) is 14.8. The molecule has 0 saturated carbocycles. The molecule has 0 spiro atoms. The molecule has 0 aliphatic rings. The zero-order valence-electron chi connectivity index (χ0n) is 26.8. The molecular formula is C39H30ClN3O7S. The molecule has 0 unspecified atom stereocenters. The van der Waals surface area contributed by atoms with E-state index in [1.165, 1.54) is 18.2 Å². The van der Waals surface area contributed by atoms with E-state index in [-0.39, 0.29) is 39.8 Å². The first-order valence-electron chi connectivity index (χ1n) is 15.7. The highest BCUT2D eigenvalue weighted by Crippen LogP contribution is 2.33. The molecule has 0 aliphatic carbocycles. The van der Waals surface area contributed by atoms with Crippen molar-refractivity contribution >= 4 is 55.6 Å². The van der Waals surface area contributed by atoms with Crippen molar-refractivity contribution < 1.29 is 28.0 Å². The van der Waals surface area contributed by atoms with Gasteiger partial charge in [0, 0.05) is 23.6 Å². The molecular weight excluding hydrogens is 690 g/mol. The average Bonchev–Trinajstić information content (AvgIpc) is 3.14. The number of nitrogens with zero attached hydrogens (tertiary/aromatic N) is 2. The number of halogens is 1. The molecule has 12 heteroatoms. The first kappa shape index (κ1) is 34.8. The molecule has 0 fully saturated rings. The van der Waals surface area contributed by atoms with Crippen molar-refractivity contribution in [2.45, 2.75) is 23.9 Å². The number of carboxylic acids is 1. The minimum atomic E-state index is -4.48. The Balaban J connectivity index is 1.37. The van der Waals surface area contributed by atoms with E-state index in [0.29, 0.717) is 11.1 Å². The van der Waals surface area contributed by atoms with E-state index in [0.717, 1.165) is 50.5 Å². The van der Waals surface area contributed by atoms with E-state index >= 15 is 0 Å². The lowest BCUT2D eigenvalue weighted by Crippen LogP contribution is -2.43. The summed E-state index contributed by atoms with van der Waals surface area (Å²) < 4.78 is 29.9. The zero-order chi connectivity index (χ0) is 36.1. The van der Waals surface area contributed by atoms with Crippen LogP contribution in [0.25, 0.3) is 21.9 Å². The standard InChI is InChI=1S/C39H30ClN3O7S/c40-31-17-22-37(35(24-31)38(44)41-36(39(45)46)23-26-13-15-28(16-14-26)27-7-2-1-3-8-27)42(25-30-11-6-10-29-9-4-5-12-34(29)30)51(49,50)33-20-18-32(19-21-33)43(47)48/h1-22,24,36H,23,25H2,(H,41,44)(H,45,46)/t36-/m0/s1. The lowest BCUT2D eigenvalue weighted by atomic mass is 10.0. The molecule has 10 nitrogen and oxygen atoms in total. The Kier molecular flexibility index (Phi) is 10.1. The number of carboxylic acid groups (broad SMARTS) is 1. The van der Waals surface area contributed by atoms with Crippen molar-refractivity contribution in [1.82, 2.24) is 5.32 Å². The molecule has 0 aromatic heterocycles. The van der Waals surface area contributed by atoms with Gasteiger partial charge in [0.25, 0.3) is 21.6 Å². The quantitative estimate of drug-likeness (QED) is 0.0966. The van der Waals surface area contributed by atoms with E-state index in [1.54, 1.807) is 24.3 Å². The predicted octanol–water partition coefficient (Wildman–Crippen LogP) is 7.89. The summed E-state index contributed by atoms with van der Waals surface area (Å²) >= 11 is 6.35. The number of hydrogen-bond donors (Lipinski definition) is 2. The van der Waals surface area contributed by atoms with E-state index in [4.69, 9.17) is 11.6 Å². The Bertz CT molecular complexity index is 2350. The third kappa shape index (κ3) is 7.75. The lowest BCUT2D eigenvalue weighted by Gasteiger charge is -2.27. The highest BCUT2D eigenvalue weighted by atomic mass is 35.5. The van der Waals surface area contributed by atoms with Crippen LogP contribution in [0.1, 0.15) is 21.5 Å². The van der Waals surface area contributed by atoms with Crippen molar-refractivity contribution in [3.63, 3.8) is 0 Å². The van der Waals surface area contributed by atoms with Gasteiger partial charge in [-0.25, -0.2) is 13.2 Å². The third-order valence-electron chi connectivity index (χ3n) is 8.41. The third-order valence-corrected chi connectivity index (χ3v) is 10.4. The maximum absolute atomic E-state index is 14.4. The van der Waals surface area contributed by atoms with Crippen LogP contribution in [0.3, 0.4) is 0 Å². The maximum atomic E-state index is 14.4. The highest BCUT2D eigenvalue weighted by molar-refractivity contribution is 7.92. The summed E-state index contributed by atoms with van der Waals surface area (Å²) in [5.41, 5.74) is 2.67. The molecule has 0 heterocycles. The number of aliphatic carboxylic acids is 1. The van der Waals surface area contributed by atoms with Crippen molar-refractivity contribution in [2.75, 3.05) is 4.31 Å². The second-order valence-corrected chi connectivity index (χ2v) is 14.0. The summed E-state index contributed by atoms with van der Waals surface area (Å²) in [6.45, 7) is -0.237. The molecule has 0 radical (unpaired) electrons. The van der Waals surface area contributed by atoms with Crippen molar-refractivity contribution in [2.24, 2.45) is 0 Å². The maximum Gasteiger partial charge on any atom is 0.326 e. The molecule has 6 aromatic rings. The smallest absolute Gasteiger partial charge is 0.326 e. The number of anilines is 1. The largest absolute Gasteiger partial charge is 0.480 e. The Labute approximate surface area is 298 Å².